The second kappa shape index (κ2) is 35.5. The van der Waals surface area contributed by atoms with Crippen molar-refractivity contribution in [2.24, 2.45) is 5.73 Å². The summed E-state index contributed by atoms with van der Waals surface area (Å²) in [6.45, 7) is 3.86. The molecule has 0 aromatic heterocycles. The van der Waals surface area contributed by atoms with Gasteiger partial charge in [0, 0.05) is 13.0 Å². The summed E-state index contributed by atoms with van der Waals surface area (Å²) in [4.78, 5) is 22.6. The van der Waals surface area contributed by atoms with Gasteiger partial charge < -0.3 is 21.1 Å². The number of unbranched alkanes of at least 4 members (excludes halogenated alkanes) is 9. The molecule has 9 heteroatoms. The summed E-state index contributed by atoms with van der Waals surface area (Å²) in [5, 5.41) is 13.5. The van der Waals surface area contributed by atoms with Crippen molar-refractivity contribution in [2.45, 2.75) is 142 Å². The number of phosphoric ester groups is 1. The first-order chi connectivity index (χ1) is 23.9. The molecule has 280 valence electrons. The highest BCUT2D eigenvalue weighted by Gasteiger charge is 2.26. The third-order valence-electron chi connectivity index (χ3n) is 7.41. The number of allylic oxidation sites excluding steroid dienone is 13. The predicted molar refractivity (Wildman–Crippen MR) is 207 cm³/mol. The fourth-order valence-electron chi connectivity index (χ4n) is 4.63. The van der Waals surface area contributed by atoms with E-state index in [0.717, 1.165) is 96.3 Å². The summed E-state index contributed by atoms with van der Waals surface area (Å²) in [5.41, 5.74) is 5.34. The van der Waals surface area contributed by atoms with Crippen LogP contribution in [0.4, 0.5) is 0 Å². The van der Waals surface area contributed by atoms with E-state index in [1.165, 1.54) is 12.8 Å². The van der Waals surface area contributed by atoms with Gasteiger partial charge in [0.2, 0.25) is 5.91 Å². The Hall–Kier alpha value is -2.32. The van der Waals surface area contributed by atoms with Crippen LogP contribution in [-0.4, -0.2) is 47.8 Å². The Kier molecular flexibility index (Phi) is 33.8. The Labute approximate surface area is 299 Å². The quantitative estimate of drug-likeness (QED) is 0.0304. The normalized spacial score (nSPS) is 15.3. The van der Waals surface area contributed by atoms with Crippen LogP contribution >= 0.6 is 7.82 Å². The van der Waals surface area contributed by atoms with E-state index in [9.17, 15) is 19.4 Å². The van der Waals surface area contributed by atoms with Gasteiger partial charge in [0.15, 0.2) is 0 Å². The molecule has 3 atom stereocenters. The average Bonchev–Trinajstić information content (AvgIpc) is 3.09. The number of carbonyl (C=O) groups excluding carboxylic acids is 1. The number of hydrogen-bond donors (Lipinski definition) is 4. The standard InChI is InChI=1S/C40H69N2O6P/c1-3-5-7-9-11-13-15-16-17-18-19-20-21-22-24-26-28-30-32-34-40(44)42-38(37-48-49(45,46)47-36-35-41)39(43)33-31-29-27-25-23-14-12-10-8-6-4-2/h5,7-8,10-11,13,16-17,19-20,23,25,31,33,38-39,43H,3-4,6,9,12,14-15,18,21-22,24,26-30,32,34-37,41H2,1-2H3,(H,42,44)(H,45,46)/b7-5-,10-8+,13-11-,17-16-,20-19-,25-23+,33-31+. The van der Waals surface area contributed by atoms with E-state index in [1.807, 2.05) is 6.08 Å². The summed E-state index contributed by atoms with van der Waals surface area (Å²) >= 11 is 0. The van der Waals surface area contributed by atoms with E-state index in [4.69, 9.17) is 14.8 Å². The fraction of sp³-hybridized carbons (Fsp3) is 0.625. The zero-order chi connectivity index (χ0) is 36.1. The summed E-state index contributed by atoms with van der Waals surface area (Å²) in [7, 11) is -4.35. The molecule has 0 bridgehead atoms. The summed E-state index contributed by atoms with van der Waals surface area (Å²) in [5.74, 6) is -0.230. The molecule has 8 nitrogen and oxygen atoms in total. The zero-order valence-corrected chi connectivity index (χ0v) is 31.5. The number of nitrogens with one attached hydrogen (secondary N) is 1. The highest BCUT2D eigenvalue weighted by molar-refractivity contribution is 7.47. The van der Waals surface area contributed by atoms with Gasteiger partial charge in [-0.1, -0.05) is 131 Å². The van der Waals surface area contributed by atoms with Gasteiger partial charge in [-0.2, -0.15) is 0 Å². The van der Waals surface area contributed by atoms with Gasteiger partial charge in [-0.25, -0.2) is 4.57 Å². The van der Waals surface area contributed by atoms with Crippen molar-refractivity contribution in [3.8, 4) is 0 Å². The Morgan fingerprint density at radius 2 is 1.20 bits per heavy atom. The van der Waals surface area contributed by atoms with Gasteiger partial charge in [0.25, 0.3) is 0 Å². The highest BCUT2D eigenvalue weighted by atomic mass is 31.2. The van der Waals surface area contributed by atoms with Crippen molar-refractivity contribution in [3.63, 3.8) is 0 Å². The largest absolute Gasteiger partial charge is 0.472 e. The molecule has 0 aliphatic carbocycles. The number of nitrogens with two attached hydrogens (primary N) is 1. The van der Waals surface area contributed by atoms with Crippen LogP contribution in [0.25, 0.3) is 0 Å². The van der Waals surface area contributed by atoms with Crippen molar-refractivity contribution < 1.29 is 28.4 Å². The smallest absolute Gasteiger partial charge is 0.387 e. The Bertz CT molecular complexity index is 1030. The van der Waals surface area contributed by atoms with Crippen LogP contribution < -0.4 is 11.1 Å². The van der Waals surface area contributed by atoms with Crippen LogP contribution in [0.2, 0.25) is 0 Å². The number of rotatable bonds is 33. The lowest BCUT2D eigenvalue weighted by molar-refractivity contribution is -0.123. The lowest BCUT2D eigenvalue weighted by Crippen LogP contribution is -2.45. The van der Waals surface area contributed by atoms with E-state index in [1.54, 1.807) is 6.08 Å². The summed E-state index contributed by atoms with van der Waals surface area (Å²) in [6.07, 6.45) is 46.3. The van der Waals surface area contributed by atoms with Gasteiger partial charge in [-0.3, -0.25) is 13.8 Å². The topological polar surface area (TPSA) is 131 Å². The zero-order valence-electron chi connectivity index (χ0n) is 30.6. The van der Waals surface area contributed by atoms with Crippen molar-refractivity contribution in [2.75, 3.05) is 19.8 Å². The first-order valence-corrected chi connectivity index (χ1v) is 20.2. The molecule has 0 spiro atoms. The summed E-state index contributed by atoms with van der Waals surface area (Å²) < 4.78 is 22.0. The highest BCUT2D eigenvalue weighted by Crippen LogP contribution is 2.43. The average molecular weight is 705 g/mol. The molecule has 0 radical (unpaired) electrons. The molecular formula is C40H69N2O6P. The third-order valence-corrected chi connectivity index (χ3v) is 8.40. The van der Waals surface area contributed by atoms with Gasteiger partial charge in [-0.15, -0.1) is 0 Å². The van der Waals surface area contributed by atoms with Crippen LogP contribution in [0.5, 0.6) is 0 Å². The second-order valence-electron chi connectivity index (χ2n) is 12.0. The van der Waals surface area contributed by atoms with Crippen LogP contribution in [0, 0.1) is 0 Å². The first kappa shape index (κ1) is 46.7. The van der Waals surface area contributed by atoms with Crippen molar-refractivity contribution in [1.82, 2.24) is 5.32 Å². The number of amides is 1. The molecule has 0 fully saturated rings. The van der Waals surface area contributed by atoms with Crippen LogP contribution in [0.1, 0.15) is 129 Å². The van der Waals surface area contributed by atoms with Gasteiger partial charge in [-0.05, 0) is 77.0 Å². The number of aliphatic hydroxyl groups is 1. The molecule has 49 heavy (non-hydrogen) atoms. The maximum absolute atomic E-state index is 12.7. The minimum absolute atomic E-state index is 0.0642. The maximum Gasteiger partial charge on any atom is 0.472 e. The molecule has 0 rings (SSSR count). The lowest BCUT2D eigenvalue weighted by atomic mass is 10.1. The Morgan fingerprint density at radius 3 is 1.80 bits per heavy atom. The fourth-order valence-corrected chi connectivity index (χ4v) is 5.39. The van der Waals surface area contributed by atoms with Gasteiger partial charge >= 0.3 is 7.82 Å². The Morgan fingerprint density at radius 1 is 0.694 bits per heavy atom. The molecule has 0 aliphatic rings. The van der Waals surface area contributed by atoms with E-state index in [-0.39, 0.29) is 25.7 Å². The third kappa shape index (κ3) is 33.9. The molecule has 0 aliphatic heterocycles. The minimum atomic E-state index is -4.35. The molecule has 0 saturated carbocycles. The van der Waals surface area contributed by atoms with E-state index in [0.29, 0.717) is 6.42 Å². The first-order valence-electron chi connectivity index (χ1n) is 18.7. The van der Waals surface area contributed by atoms with Crippen molar-refractivity contribution in [3.05, 3.63) is 85.1 Å². The molecule has 0 aromatic rings. The van der Waals surface area contributed by atoms with Crippen molar-refractivity contribution >= 4 is 13.7 Å². The molecule has 5 N–H and O–H groups in total. The monoisotopic (exact) mass is 704 g/mol. The number of phosphoric acid groups is 1. The molecule has 3 unspecified atom stereocenters. The number of carbonyl (C=O) groups is 1. The molecule has 1 amide bonds. The second-order valence-corrected chi connectivity index (χ2v) is 13.5. The van der Waals surface area contributed by atoms with Gasteiger partial charge in [0.1, 0.15) is 0 Å². The van der Waals surface area contributed by atoms with Crippen LogP contribution in [-0.2, 0) is 18.4 Å². The van der Waals surface area contributed by atoms with E-state index in [2.05, 4.69) is 92.1 Å². The van der Waals surface area contributed by atoms with Crippen LogP contribution in [0.3, 0.4) is 0 Å². The van der Waals surface area contributed by atoms with E-state index >= 15 is 0 Å². The maximum atomic E-state index is 12.7. The minimum Gasteiger partial charge on any atom is -0.387 e. The molecule has 0 saturated heterocycles. The number of hydrogen-bond acceptors (Lipinski definition) is 6. The molecular weight excluding hydrogens is 635 g/mol. The Balaban J connectivity index is 4.36. The number of aliphatic hydroxyl groups excluding tert-OH is 1. The molecule has 0 aromatic carbocycles. The SMILES string of the molecule is CC/C=C\C/C=C\C/C=C\C/C=C\CCCCCCCCC(=O)NC(COP(=O)(O)OCCN)C(O)/C=C/CC/C=C/CC/C=C/CCC. The van der Waals surface area contributed by atoms with E-state index < -0.39 is 20.0 Å². The predicted octanol–water partition coefficient (Wildman–Crippen LogP) is 9.88. The van der Waals surface area contributed by atoms with Crippen LogP contribution in [0.15, 0.2) is 85.1 Å². The van der Waals surface area contributed by atoms with Crippen molar-refractivity contribution in [1.29, 1.82) is 0 Å². The van der Waals surface area contributed by atoms with Gasteiger partial charge in [0.05, 0.1) is 25.4 Å². The lowest BCUT2D eigenvalue weighted by Gasteiger charge is -2.23. The molecule has 0 heterocycles. The summed E-state index contributed by atoms with van der Waals surface area (Å²) in [6, 6.07) is -0.894.